The van der Waals surface area contributed by atoms with Crippen LogP contribution in [0.3, 0.4) is 0 Å². The topological polar surface area (TPSA) is 114 Å². The third kappa shape index (κ3) is 4.00. The van der Waals surface area contributed by atoms with Crippen LogP contribution in [0.4, 0.5) is 0 Å². The highest BCUT2D eigenvalue weighted by Crippen LogP contribution is 2.35. The molecule has 3 aromatic rings. The van der Waals surface area contributed by atoms with E-state index < -0.39 is 18.4 Å². The van der Waals surface area contributed by atoms with Gasteiger partial charge in [-0.1, -0.05) is 18.2 Å². The van der Waals surface area contributed by atoms with Gasteiger partial charge in [-0.05, 0) is 12.1 Å². The van der Waals surface area contributed by atoms with E-state index in [1.165, 1.54) is 36.1 Å². The van der Waals surface area contributed by atoms with E-state index in [2.05, 4.69) is 4.98 Å². The van der Waals surface area contributed by atoms with E-state index in [1.54, 1.807) is 29.2 Å². The lowest BCUT2D eigenvalue weighted by atomic mass is 10.1. The Morgan fingerprint density at radius 2 is 1.67 bits per heavy atom. The molecule has 2 aromatic heterocycles. The average Bonchev–Trinajstić information content (AvgIpc) is 3.27. The van der Waals surface area contributed by atoms with E-state index in [9.17, 15) is 19.5 Å². The van der Waals surface area contributed by atoms with Crippen LogP contribution in [0.1, 0.15) is 20.7 Å². The molecule has 1 fully saturated rings. The van der Waals surface area contributed by atoms with Gasteiger partial charge in [-0.2, -0.15) is 0 Å². The number of nitrogens with zero attached hydrogens (tertiary/aromatic N) is 4. The van der Waals surface area contributed by atoms with Crippen molar-refractivity contribution in [1.82, 2.24) is 19.4 Å². The van der Waals surface area contributed by atoms with Crippen LogP contribution in [0, 0.1) is 0 Å². The van der Waals surface area contributed by atoms with Crippen molar-refractivity contribution in [2.45, 2.75) is 6.73 Å². The largest absolute Gasteiger partial charge is 0.494 e. The number of benzene rings is 1. The highest BCUT2D eigenvalue weighted by atomic mass is 16.5. The second-order valence-electron chi connectivity index (χ2n) is 7.49. The van der Waals surface area contributed by atoms with Crippen molar-refractivity contribution in [3.05, 3.63) is 53.9 Å². The maximum Gasteiger partial charge on any atom is 0.295 e. The SMILES string of the molecule is COc1cnc(OC)c2c1c(C(=O)C(=O)N1CCN(C(=O)c3ccccc3)CC1)cn2CO. The number of rotatable bonds is 6. The lowest BCUT2D eigenvalue weighted by Crippen LogP contribution is -2.52. The van der Waals surface area contributed by atoms with Crippen molar-refractivity contribution in [3.63, 3.8) is 0 Å². The first kappa shape index (κ1) is 22.3. The lowest BCUT2D eigenvalue weighted by Gasteiger charge is -2.34. The fourth-order valence-corrected chi connectivity index (χ4v) is 4.00. The number of carbonyl (C=O) groups is 3. The molecule has 10 heteroatoms. The molecule has 0 spiro atoms. The summed E-state index contributed by atoms with van der Waals surface area (Å²) in [4.78, 5) is 46.1. The molecule has 0 atom stereocenters. The number of ether oxygens (including phenoxy) is 2. The Balaban J connectivity index is 1.56. The van der Waals surface area contributed by atoms with Gasteiger partial charge in [0, 0.05) is 37.9 Å². The zero-order valence-corrected chi connectivity index (χ0v) is 18.4. The molecule has 1 saturated heterocycles. The Labute approximate surface area is 189 Å². The molecule has 0 unspecified atom stereocenters. The summed E-state index contributed by atoms with van der Waals surface area (Å²) in [7, 11) is 2.85. The van der Waals surface area contributed by atoms with Crippen LogP contribution in [0.25, 0.3) is 10.9 Å². The Morgan fingerprint density at radius 3 is 2.27 bits per heavy atom. The van der Waals surface area contributed by atoms with E-state index in [0.29, 0.717) is 29.6 Å². The summed E-state index contributed by atoms with van der Waals surface area (Å²) in [6.07, 6.45) is 2.80. The van der Waals surface area contributed by atoms with Crippen molar-refractivity contribution in [3.8, 4) is 11.6 Å². The maximum atomic E-state index is 13.2. The quantitative estimate of drug-likeness (QED) is 0.441. The normalized spacial score (nSPS) is 13.8. The number of pyridine rings is 1. The number of carbonyl (C=O) groups excluding carboxylic acids is 3. The van der Waals surface area contributed by atoms with Crippen LogP contribution < -0.4 is 9.47 Å². The standard InChI is InChI=1S/C23H24N4O6/c1-32-17-12-24-21(33-2)19-18(17)16(13-27(19)14-28)20(29)23(31)26-10-8-25(9-11-26)22(30)15-6-4-3-5-7-15/h3-7,12-13,28H,8-11,14H2,1-2H3. The summed E-state index contributed by atoms with van der Waals surface area (Å²) < 4.78 is 12.0. The number of piperazine rings is 1. The number of Topliss-reactive ketones (excluding diaryl/α,β-unsaturated/α-hetero) is 1. The van der Waals surface area contributed by atoms with Crippen LogP contribution >= 0.6 is 0 Å². The average molecular weight is 452 g/mol. The number of aromatic nitrogens is 2. The van der Waals surface area contributed by atoms with Gasteiger partial charge in [-0.25, -0.2) is 4.98 Å². The molecule has 2 amide bonds. The Morgan fingerprint density at radius 1 is 1.00 bits per heavy atom. The lowest BCUT2D eigenvalue weighted by molar-refractivity contribution is -0.127. The van der Waals surface area contributed by atoms with Crippen molar-refractivity contribution in [2.75, 3.05) is 40.4 Å². The molecule has 1 aliphatic heterocycles. The van der Waals surface area contributed by atoms with E-state index in [0.717, 1.165) is 0 Å². The van der Waals surface area contributed by atoms with E-state index in [4.69, 9.17) is 9.47 Å². The predicted octanol–water partition coefficient (Wildman–Crippen LogP) is 1.17. The van der Waals surface area contributed by atoms with E-state index >= 15 is 0 Å². The Kier molecular flexibility index (Phi) is 6.27. The maximum absolute atomic E-state index is 13.2. The van der Waals surface area contributed by atoms with Crippen LogP contribution in [0.15, 0.2) is 42.7 Å². The highest BCUT2D eigenvalue weighted by molar-refractivity contribution is 6.45. The minimum Gasteiger partial charge on any atom is -0.494 e. The fourth-order valence-electron chi connectivity index (χ4n) is 4.00. The molecular weight excluding hydrogens is 428 g/mol. The monoisotopic (exact) mass is 452 g/mol. The molecule has 1 aromatic carbocycles. The van der Waals surface area contributed by atoms with Crippen LogP contribution in [-0.2, 0) is 11.5 Å². The van der Waals surface area contributed by atoms with E-state index in [1.807, 2.05) is 6.07 Å². The van der Waals surface area contributed by atoms with Gasteiger partial charge in [0.1, 0.15) is 18.0 Å². The smallest absolute Gasteiger partial charge is 0.295 e. The summed E-state index contributed by atoms with van der Waals surface area (Å²) in [5.41, 5.74) is 1.03. The van der Waals surface area contributed by atoms with Gasteiger partial charge in [0.15, 0.2) is 0 Å². The van der Waals surface area contributed by atoms with Crippen LogP contribution in [0.5, 0.6) is 11.6 Å². The first-order valence-electron chi connectivity index (χ1n) is 10.4. The fraction of sp³-hybridized carbons (Fsp3) is 0.304. The van der Waals surface area contributed by atoms with Gasteiger partial charge < -0.3 is 28.9 Å². The molecular formula is C23H24N4O6. The molecule has 1 aliphatic rings. The van der Waals surface area contributed by atoms with Crippen molar-refractivity contribution < 1.29 is 29.0 Å². The number of hydrogen-bond donors (Lipinski definition) is 1. The molecule has 10 nitrogen and oxygen atoms in total. The van der Waals surface area contributed by atoms with Crippen molar-refractivity contribution >= 4 is 28.5 Å². The number of amides is 2. The van der Waals surface area contributed by atoms with Gasteiger partial charge in [0.05, 0.1) is 31.4 Å². The second kappa shape index (κ2) is 9.29. The van der Waals surface area contributed by atoms with Crippen LogP contribution in [0.2, 0.25) is 0 Å². The van der Waals surface area contributed by atoms with Gasteiger partial charge in [-0.15, -0.1) is 0 Å². The molecule has 0 aliphatic carbocycles. The molecule has 1 N–H and O–H groups in total. The summed E-state index contributed by atoms with van der Waals surface area (Å²) in [5, 5.41) is 10.1. The van der Waals surface area contributed by atoms with Gasteiger partial charge in [0.2, 0.25) is 5.88 Å². The number of aliphatic hydroxyl groups is 1. The molecule has 33 heavy (non-hydrogen) atoms. The van der Waals surface area contributed by atoms with Crippen molar-refractivity contribution in [2.24, 2.45) is 0 Å². The third-order valence-electron chi connectivity index (χ3n) is 5.71. The number of hydrogen-bond acceptors (Lipinski definition) is 7. The van der Waals surface area contributed by atoms with Gasteiger partial charge in [0.25, 0.3) is 17.6 Å². The van der Waals surface area contributed by atoms with Gasteiger partial charge in [-0.3, -0.25) is 14.4 Å². The molecule has 172 valence electrons. The highest BCUT2D eigenvalue weighted by Gasteiger charge is 2.32. The summed E-state index contributed by atoms with van der Waals surface area (Å²) >= 11 is 0. The number of fused-ring (bicyclic) bond motifs is 1. The number of ketones is 1. The first-order valence-corrected chi connectivity index (χ1v) is 10.4. The Hall–Kier alpha value is -3.92. The van der Waals surface area contributed by atoms with Crippen molar-refractivity contribution in [1.29, 1.82) is 0 Å². The van der Waals surface area contributed by atoms with Crippen LogP contribution in [-0.4, -0.2) is 82.5 Å². The molecule has 0 radical (unpaired) electrons. The zero-order chi connectivity index (χ0) is 23.5. The minimum absolute atomic E-state index is 0.0874. The third-order valence-corrected chi connectivity index (χ3v) is 5.71. The first-order chi connectivity index (χ1) is 16.0. The number of aliphatic hydroxyl groups excluding tert-OH is 1. The zero-order valence-electron chi connectivity index (χ0n) is 18.4. The summed E-state index contributed by atoms with van der Waals surface area (Å²) in [6, 6.07) is 8.93. The number of methoxy groups -OCH3 is 2. The minimum atomic E-state index is -0.735. The second-order valence-corrected chi connectivity index (χ2v) is 7.49. The summed E-state index contributed by atoms with van der Waals surface area (Å²) in [5.74, 6) is -1.05. The molecule has 0 saturated carbocycles. The van der Waals surface area contributed by atoms with Gasteiger partial charge >= 0.3 is 0 Å². The molecule has 0 bridgehead atoms. The predicted molar refractivity (Wildman–Crippen MR) is 118 cm³/mol. The van der Waals surface area contributed by atoms with E-state index in [-0.39, 0.29) is 36.2 Å². The Bertz CT molecular complexity index is 1200. The molecule has 4 rings (SSSR count). The summed E-state index contributed by atoms with van der Waals surface area (Å²) in [6.45, 7) is 0.690. The molecule has 3 heterocycles.